The number of rotatable bonds is 9. The van der Waals surface area contributed by atoms with Crippen LogP contribution in [0.1, 0.15) is 22.3 Å². The summed E-state index contributed by atoms with van der Waals surface area (Å²) in [5.74, 6) is 0.513. The quantitative estimate of drug-likeness (QED) is 0.511. The Kier molecular flexibility index (Phi) is 7.08. The Morgan fingerprint density at radius 3 is 2.43 bits per heavy atom. The zero-order chi connectivity index (χ0) is 21.4. The zero-order valence-electron chi connectivity index (χ0n) is 16.7. The van der Waals surface area contributed by atoms with Crippen LogP contribution in [0.3, 0.4) is 0 Å². The topological polar surface area (TPSA) is 84.5 Å². The third kappa shape index (κ3) is 5.61. The van der Waals surface area contributed by atoms with Gasteiger partial charge in [0.25, 0.3) is 15.9 Å². The molecule has 0 aliphatic heterocycles. The Morgan fingerprint density at radius 1 is 0.933 bits per heavy atom. The molecule has 0 aliphatic carbocycles. The van der Waals surface area contributed by atoms with Crippen LogP contribution in [-0.4, -0.2) is 28.0 Å². The standard InChI is InChI=1S/C23H24N2O4S/c1-29-22-15-6-5-9-18(22)11-8-16-24-23(26)19-10-7-14-21(17-19)30(27,28)25-20-12-3-2-4-13-20/h2-7,9-10,12-15,17,25H,8,11,16H2,1H3,(H,24,26). The summed E-state index contributed by atoms with van der Waals surface area (Å²) >= 11 is 0. The highest BCUT2D eigenvalue weighted by Gasteiger charge is 2.16. The van der Waals surface area contributed by atoms with E-state index in [0.717, 1.165) is 24.2 Å². The van der Waals surface area contributed by atoms with Gasteiger partial charge in [-0.15, -0.1) is 0 Å². The number of sulfonamides is 1. The molecule has 0 heterocycles. The Hall–Kier alpha value is -3.32. The fourth-order valence-corrected chi connectivity index (χ4v) is 4.12. The molecule has 1 amide bonds. The van der Waals surface area contributed by atoms with Gasteiger partial charge in [0.15, 0.2) is 0 Å². The van der Waals surface area contributed by atoms with Crippen LogP contribution in [0, 0.1) is 0 Å². The molecule has 156 valence electrons. The molecular formula is C23H24N2O4S. The molecule has 0 saturated carbocycles. The van der Waals surface area contributed by atoms with E-state index in [1.807, 2.05) is 24.3 Å². The molecular weight excluding hydrogens is 400 g/mol. The number of carbonyl (C=O) groups excluding carboxylic acids is 1. The average Bonchev–Trinajstić information content (AvgIpc) is 2.77. The van der Waals surface area contributed by atoms with Crippen molar-refractivity contribution in [2.75, 3.05) is 18.4 Å². The number of carbonyl (C=O) groups is 1. The smallest absolute Gasteiger partial charge is 0.261 e. The SMILES string of the molecule is COc1ccccc1CCCNC(=O)c1cccc(S(=O)(=O)Nc2ccccc2)c1. The lowest BCUT2D eigenvalue weighted by atomic mass is 10.1. The lowest BCUT2D eigenvalue weighted by Gasteiger charge is -2.10. The Balaban J connectivity index is 1.59. The normalized spacial score (nSPS) is 11.0. The summed E-state index contributed by atoms with van der Waals surface area (Å²) in [6, 6.07) is 22.4. The fraction of sp³-hybridized carbons (Fsp3) is 0.174. The van der Waals surface area contributed by atoms with Gasteiger partial charge >= 0.3 is 0 Å². The van der Waals surface area contributed by atoms with E-state index in [9.17, 15) is 13.2 Å². The first kappa shape index (κ1) is 21.4. The molecule has 30 heavy (non-hydrogen) atoms. The zero-order valence-corrected chi connectivity index (χ0v) is 17.5. The van der Waals surface area contributed by atoms with Crippen LogP contribution in [0.4, 0.5) is 5.69 Å². The van der Waals surface area contributed by atoms with E-state index >= 15 is 0 Å². The molecule has 3 aromatic carbocycles. The van der Waals surface area contributed by atoms with Crippen molar-refractivity contribution in [1.82, 2.24) is 5.32 Å². The van der Waals surface area contributed by atoms with Gasteiger partial charge in [-0.05, 0) is 54.8 Å². The van der Waals surface area contributed by atoms with Gasteiger partial charge < -0.3 is 10.1 Å². The van der Waals surface area contributed by atoms with Gasteiger partial charge in [-0.1, -0.05) is 42.5 Å². The molecule has 2 N–H and O–H groups in total. The Bertz CT molecular complexity index is 1100. The first-order chi connectivity index (χ1) is 14.5. The van der Waals surface area contributed by atoms with E-state index < -0.39 is 10.0 Å². The molecule has 0 spiro atoms. The molecule has 0 fully saturated rings. The van der Waals surface area contributed by atoms with Gasteiger partial charge in [0.05, 0.1) is 12.0 Å². The minimum atomic E-state index is -3.78. The van der Waals surface area contributed by atoms with E-state index in [2.05, 4.69) is 10.0 Å². The maximum Gasteiger partial charge on any atom is 0.261 e. The van der Waals surface area contributed by atoms with Crippen molar-refractivity contribution in [3.8, 4) is 5.75 Å². The van der Waals surface area contributed by atoms with Crippen molar-refractivity contribution >= 4 is 21.6 Å². The van der Waals surface area contributed by atoms with Gasteiger partial charge in [-0.2, -0.15) is 0 Å². The van der Waals surface area contributed by atoms with E-state index in [1.54, 1.807) is 49.6 Å². The molecule has 0 radical (unpaired) electrons. The highest BCUT2D eigenvalue weighted by atomic mass is 32.2. The molecule has 0 saturated heterocycles. The molecule has 3 aromatic rings. The fourth-order valence-electron chi connectivity index (χ4n) is 3.02. The lowest BCUT2D eigenvalue weighted by molar-refractivity contribution is 0.0953. The number of anilines is 1. The molecule has 0 aromatic heterocycles. The van der Waals surface area contributed by atoms with Crippen LogP contribution in [0.5, 0.6) is 5.75 Å². The largest absolute Gasteiger partial charge is 0.496 e. The molecule has 0 unspecified atom stereocenters. The summed E-state index contributed by atoms with van der Waals surface area (Å²) < 4.78 is 33.0. The van der Waals surface area contributed by atoms with Crippen LogP contribution >= 0.6 is 0 Å². The monoisotopic (exact) mass is 424 g/mol. The van der Waals surface area contributed by atoms with Crippen molar-refractivity contribution < 1.29 is 17.9 Å². The van der Waals surface area contributed by atoms with Crippen molar-refractivity contribution in [2.24, 2.45) is 0 Å². The minimum absolute atomic E-state index is 0.0352. The summed E-state index contributed by atoms with van der Waals surface area (Å²) in [5, 5.41) is 2.84. The summed E-state index contributed by atoms with van der Waals surface area (Å²) in [7, 11) is -2.15. The van der Waals surface area contributed by atoms with Crippen LogP contribution in [0.25, 0.3) is 0 Å². The predicted molar refractivity (Wildman–Crippen MR) is 117 cm³/mol. The minimum Gasteiger partial charge on any atom is -0.496 e. The molecule has 6 nitrogen and oxygen atoms in total. The van der Waals surface area contributed by atoms with Crippen molar-refractivity contribution in [2.45, 2.75) is 17.7 Å². The summed E-state index contributed by atoms with van der Waals surface area (Å²) in [6.45, 7) is 0.468. The van der Waals surface area contributed by atoms with Crippen molar-refractivity contribution in [3.05, 3.63) is 90.0 Å². The Morgan fingerprint density at radius 2 is 1.67 bits per heavy atom. The van der Waals surface area contributed by atoms with E-state index in [1.165, 1.54) is 12.1 Å². The number of hydrogen-bond acceptors (Lipinski definition) is 4. The summed E-state index contributed by atoms with van der Waals surface area (Å²) in [6.07, 6.45) is 1.50. The van der Waals surface area contributed by atoms with Gasteiger partial charge in [-0.25, -0.2) is 8.42 Å². The maximum atomic E-state index is 12.6. The van der Waals surface area contributed by atoms with Gasteiger partial charge in [0, 0.05) is 17.8 Å². The number of methoxy groups -OCH3 is 1. The second kappa shape index (κ2) is 9.93. The maximum absolute atomic E-state index is 12.6. The second-order valence-electron chi connectivity index (χ2n) is 6.67. The first-order valence-corrected chi connectivity index (χ1v) is 11.1. The number of para-hydroxylation sites is 2. The average molecular weight is 425 g/mol. The highest BCUT2D eigenvalue weighted by molar-refractivity contribution is 7.92. The number of ether oxygens (including phenoxy) is 1. The molecule has 0 aliphatic rings. The summed E-state index contributed by atoms with van der Waals surface area (Å²) in [5.41, 5.74) is 1.83. The van der Waals surface area contributed by atoms with Gasteiger partial charge in [0.1, 0.15) is 5.75 Å². The number of aryl methyl sites for hydroxylation is 1. The number of nitrogens with one attached hydrogen (secondary N) is 2. The third-order valence-corrected chi connectivity index (χ3v) is 5.91. The molecule has 0 bridgehead atoms. The van der Waals surface area contributed by atoms with E-state index in [0.29, 0.717) is 17.8 Å². The van der Waals surface area contributed by atoms with Crippen LogP contribution in [0.2, 0.25) is 0 Å². The van der Waals surface area contributed by atoms with Crippen molar-refractivity contribution in [3.63, 3.8) is 0 Å². The van der Waals surface area contributed by atoms with E-state index in [4.69, 9.17) is 4.74 Å². The van der Waals surface area contributed by atoms with Crippen LogP contribution < -0.4 is 14.8 Å². The second-order valence-corrected chi connectivity index (χ2v) is 8.35. The third-order valence-electron chi connectivity index (χ3n) is 4.53. The first-order valence-electron chi connectivity index (χ1n) is 9.57. The van der Waals surface area contributed by atoms with Crippen LogP contribution in [0.15, 0.2) is 83.8 Å². The number of amides is 1. The van der Waals surface area contributed by atoms with Crippen molar-refractivity contribution in [1.29, 1.82) is 0 Å². The molecule has 0 atom stereocenters. The highest BCUT2D eigenvalue weighted by Crippen LogP contribution is 2.19. The number of benzene rings is 3. The van der Waals surface area contributed by atoms with Gasteiger partial charge in [0.2, 0.25) is 0 Å². The summed E-state index contributed by atoms with van der Waals surface area (Å²) in [4.78, 5) is 12.5. The van der Waals surface area contributed by atoms with Crippen LogP contribution in [-0.2, 0) is 16.4 Å². The Labute approximate surface area is 177 Å². The predicted octanol–water partition coefficient (Wildman–Crippen LogP) is 3.86. The van der Waals surface area contributed by atoms with Gasteiger partial charge in [-0.3, -0.25) is 9.52 Å². The lowest BCUT2D eigenvalue weighted by Crippen LogP contribution is -2.25. The van der Waals surface area contributed by atoms with E-state index in [-0.39, 0.29) is 10.8 Å². The molecule has 3 rings (SSSR count). The number of hydrogen-bond donors (Lipinski definition) is 2. The molecule has 7 heteroatoms.